The number of rotatable bonds is 13. The average Bonchev–Trinajstić information content (AvgIpc) is 3.51. The summed E-state index contributed by atoms with van der Waals surface area (Å²) in [7, 11) is 0. The Balaban J connectivity index is 1.32. The van der Waals surface area contributed by atoms with Crippen molar-refractivity contribution < 1.29 is 34.1 Å². The monoisotopic (exact) mass is 607 g/mol. The highest BCUT2D eigenvalue weighted by Gasteiger charge is 2.56. The molecule has 2 fully saturated rings. The number of hydrogen-bond donors (Lipinski definition) is 2. The zero-order chi connectivity index (χ0) is 30.5. The Morgan fingerprint density at radius 1 is 1.07 bits per heavy atom. The zero-order valence-corrected chi connectivity index (χ0v) is 25.1. The number of aliphatic carboxylic acids is 1. The van der Waals surface area contributed by atoms with Gasteiger partial charge in [0.2, 0.25) is 11.8 Å². The largest absolute Gasteiger partial charge is 0.508 e. The topological polar surface area (TPSA) is 113 Å². The van der Waals surface area contributed by atoms with E-state index in [1.165, 1.54) is 11.0 Å². The van der Waals surface area contributed by atoms with Gasteiger partial charge in [0.1, 0.15) is 18.1 Å². The van der Waals surface area contributed by atoms with Crippen LogP contribution in [0.1, 0.15) is 57.4 Å². The van der Waals surface area contributed by atoms with Gasteiger partial charge in [-0.15, -0.1) is 0 Å². The van der Waals surface area contributed by atoms with Gasteiger partial charge in [-0.05, 0) is 86.1 Å². The molecule has 4 atom stereocenters. The maximum Gasteiger partial charge on any atom is 0.303 e. The number of carboxylic acid groups (broad SMARTS) is 1. The second-order valence-electron chi connectivity index (χ2n) is 11.7. The van der Waals surface area contributed by atoms with Crippen molar-refractivity contribution >= 4 is 35.5 Å². The van der Waals surface area contributed by atoms with Crippen molar-refractivity contribution in [3.05, 3.63) is 75.8 Å². The molecule has 0 radical (unpaired) electrons. The van der Waals surface area contributed by atoms with E-state index in [1.807, 2.05) is 43.3 Å². The van der Waals surface area contributed by atoms with E-state index < -0.39 is 17.8 Å². The predicted molar refractivity (Wildman–Crippen MR) is 163 cm³/mol. The summed E-state index contributed by atoms with van der Waals surface area (Å²) in [4.78, 5) is 39.4. The summed E-state index contributed by atoms with van der Waals surface area (Å²) in [6.07, 6.45) is 5.59. The first-order chi connectivity index (χ1) is 20.7. The summed E-state index contributed by atoms with van der Waals surface area (Å²) in [5, 5.41) is 19.0. The minimum Gasteiger partial charge on any atom is -0.508 e. The van der Waals surface area contributed by atoms with E-state index in [1.54, 1.807) is 12.1 Å². The summed E-state index contributed by atoms with van der Waals surface area (Å²) >= 11 is 6.31. The summed E-state index contributed by atoms with van der Waals surface area (Å²) in [6.45, 7) is 3.06. The Hall–Kier alpha value is -3.62. The number of phenolic OH excluding ortho intramolecular Hbond substituents is 1. The quantitative estimate of drug-likeness (QED) is 0.157. The molecule has 2 N–H and O–H groups in total. The second kappa shape index (κ2) is 13.8. The Morgan fingerprint density at radius 2 is 1.86 bits per heavy atom. The molecule has 0 aromatic heterocycles. The summed E-state index contributed by atoms with van der Waals surface area (Å²) in [5.74, 6) is -1.31. The standard InChI is InChI=1S/C34H38ClNO7/c1-21(16-22-12-13-24(37)18-28(22)35)11-14-29-31-23(19-42-25-8-4-2-5-9-25)17-26-32(27(31)20-43-29)34(41)36(33(26)40)15-7-3-6-10-30(38)39/h2,4-5,8-9,12-13,16,18,26-27,29,32,37H,3,6-7,10-11,14-15,17,19-20H2,1H3,(H,38,39)/b21-16+/t26-,27+,29-,32-/m1/s1. The van der Waals surface area contributed by atoms with Gasteiger partial charge in [-0.25, -0.2) is 0 Å². The van der Waals surface area contributed by atoms with Gasteiger partial charge in [0.05, 0.1) is 29.6 Å². The molecule has 1 aliphatic carbocycles. The lowest BCUT2D eigenvalue weighted by molar-refractivity contribution is -0.141. The molecule has 0 saturated carbocycles. The third-order valence-corrected chi connectivity index (χ3v) is 9.04. The van der Waals surface area contributed by atoms with Crippen molar-refractivity contribution in [2.45, 2.75) is 58.0 Å². The third-order valence-electron chi connectivity index (χ3n) is 8.71. The highest BCUT2D eigenvalue weighted by atomic mass is 35.5. The summed E-state index contributed by atoms with van der Waals surface area (Å²) < 4.78 is 12.5. The number of unbranched alkanes of at least 4 members (excludes halogenated alkanes) is 2. The van der Waals surface area contributed by atoms with Gasteiger partial charge < -0.3 is 19.7 Å². The van der Waals surface area contributed by atoms with Crippen molar-refractivity contribution in [1.82, 2.24) is 4.90 Å². The van der Waals surface area contributed by atoms with Crippen LogP contribution >= 0.6 is 11.6 Å². The number of phenols is 1. The smallest absolute Gasteiger partial charge is 0.303 e. The van der Waals surface area contributed by atoms with Gasteiger partial charge in [-0.2, -0.15) is 0 Å². The predicted octanol–water partition coefficient (Wildman–Crippen LogP) is 6.27. The Morgan fingerprint density at radius 3 is 2.60 bits per heavy atom. The molecule has 5 rings (SSSR count). The van der Waals surface area contributed by atoms with E-state index in [-0.39, 0.29) is 36.0 Å². The average molecular weight is 608 g/mol. The van der Waals surface area contributed by atoms with Crippen LogP contribution in [0.25, 0.3) is 6.08 Å². The van der Waals surface area contributed by atoms with Gasteiger partial charge in [0.25, 0.3) is 0 Å². The van der Waals surface area contributed by atoms with Crippen molar-refractivity contribution in [3.63, 3.8) is 0 Å². The lowest BCUT2D eigenvalue weighted by atomic mass is 9.69. The highest BCUT2D eigenvalue weighted by Crippen LogP contribution is 2.50. The van der Waals surface area contributed by atoms with Crippen LogP contribution in [0.5, 0.6) is 11.5 Å². The number of ether oxygens (including phenoxy) is 2. The fourth-order valence-electron chi connectivity index (χ4n) is 6.63. The number of amides is 2. The third kappa shape index (κ3) is 7.13. The number of carboxylic acids is 1. The molecule has 9 heteroatoms. The van der Waals surface area contributed by atoms with Crippen LogP contribution in [0.15, 0.2) is 65.3 Å². The Bertz CT molecular complexity index is 1420. The first kappa shape index (κ1) is 30.8. The molecule has 2 amide bonds. The number of fused-ring (bicyclic) bond motifs is 3. The molecular formula is C34H38ClNO7. The van der Waals surface area contributed by atoms with Gasteiger partial charge in [0.15, 0.2) is 0 Å². The molecule has 0 bridgehead atoms. The molecule has 0 spiro atoms. The van der Waals surface area contributed by atoms with E-state index in [4.69, 9.17) is 26.2 Å². The molecule has 3 aliphatic rings. The molecular weight excluding hydrogens is 570 g/mol. The van der Waals surface area contributed by atoms with E-state index in [0.717, 1.165) is 34.5 Å². The van der Waals surface area contributed by atoms with Crippen LogP contribution in [-0.2, 0) is 19.1 Å². The van der Waals surface area contributed by atoms with Gasteiger partial charge >= 0.3 is 5.97 Å². The van der Waals surface area contributed by atoms with Crippen molar-refractivity contribution in [3.8, 4) is 11.5 Å². The normalized spacial score (nSPS) is 23.5. The molecule has 228 valence electrons. The van der Waals surface area contributed by atoms with Crippen LogP contribution in [0.4, 0.5) is 0 Å². The maximum atomic E-state index is 13.6. The van der Waals surface area contributed by atoms with Gasteiger partial charge in [-0.3, -0.25) is 19.3 Å². The van der Waals surface area contributed by atoms with E-state index in [9.17, 15) is 19.5 Å². The number of nitrogens with zero attached hydrogens (tertiary/aromatic N) is 1. The molecule has 0 unspecified atom stereocenters. The van der Waals surface area contributed by atoms with Crippen LogP contribution in [-0.4, -0.2) is 58.8 Å². The van der Waals surface area contributed by atoms with Crippen molar-refractivity contribution in [2.24, 2.45) is 17.8 Å². The lowest BCUT2D eigenvalue weighted by Crippen LogP contribution is -2.35. The van der Waals surface area contributed by atoms with Crippen LogP contribution in [0.2, 0.25) is 5.02 Å². The lowest BCUT2D eigenvalue weighted by Gasteiger charge is -2.31. The van der Waals surface area contributed by atoms with Crippen molar-refractivity contribution in [2.75, 3.05) is 19.8 Å². The van der Waals surface area contributed by atoms with Crippen LogP contribution in [0, 0.1) is 17.8 Å². The molecule has 2 aliphatic heterocycles. The molecule has 2 aromatic carbocycles. The Kier molecular flexibility index (Phi) is 9.88. The molecule has 8 nitrogen and oxygen atoms in total. The maximum absolute atomic E-state index is 13.6. The van der Waals surface area contributed by atoms with Gasteiger partial charge in [-0.1, -0.05) is 47.9 Å². The summed E-state index contributed by atoms with van der Waals surface area (Å²) in [6, 6.07) is 14.5. The number of halogens is 1. The number of likely N-dealkylation sites (tertiary alicyclic amines) is 1. The molecule has 2 heterocycles. The minimum absolute atomic E-state index is 0.0860. The van der Waals surface area contributed by atoms with Crippen LogP contribution in [0.3, 0.4) is 0 Å². The highest BCUT2D eigenvalue weighted by molar-refractivity contribution is 6.32. The molecule has 43 heavy (non-hydrogen) atoms. The zero-order valence-electron chi connectivity index (χ0n) is 24.3. The number of para-hydroxylation sites is 1. The first-order valence-electron chi connectivity index (χ1n) is 15.0. The SMILES string of the molecule is C/C(=C\c1ccc(O)cc1Cl)CC[C@H]1OC[C@H]2C1=C(COc1ccccc1)C[C@H]1C(=O)N(CCCCCC(=O)O)C(=O)[C@H]12. The number of benzene rings is 2. The van der Waals surface area contributed by atoms with Gasteiger partial charge in [0, 0.05) is 18.9 Å². The first-order valence-corrected chi connectivity index (χ1v) is 15.3. The number of allylic oxidation sites excluding steroid dienone is 1. The number of hydrogen-bond acceptors (Lipinski definition) is 6. The summed E-state index contributed by atoms with van der Waals surface area (Å²) in [5.41, 5.74) is 4.07. The van der Waals surface area contributed by atoms with E-state index in [0.29, 0.717) is 56.9 Å². The minimum atomic E-state index is -0.839. The van der Waals surface area contributed by atoms with E-state index >= 15 is 0 Å². The number of carbonyl (C=O) groups excluding carboxylic acids is 2. The number of aromatic hydroxyl groups is 1. The number of imide groups is 1. The second-order valence-corrected chi connectivity index (χ2v) is 12.1. The van der Waals surface area contributed by atoms with Crippen LogP contribution < -0.4 is 4.74 Å². The fourth-order valence-corrected chi connectivity index (χ4v) is 6.86. The van der Waals surface area contributed by atoms with Crippen molar-refractivity contribution in [1.29, 1.82) is 0 Å². The van der Waals surface area contributed by atoms with E-state index in [2.05, 4.69) is 0 Å². The number of carbonyl (C=O) groups is 3. The molecule has 2 saturated heterocycles. The Labute approximate surface area is 256 Å². The fraction of sp³-hybridized carbons (Fsp3) is 0.441. The molecule has 2 aromatic rings.